The molecule has 2 aromatic heterocycles. The highest BCUT2D eigenvalue weighted by atomic mass is 19.1. The Morgan fingerprint density at radius 1 is 1.18 bits per heavy atom. The highest BCUT2D eigenvalue weighted by Crippen LogP contribution is 2.30. The molecule has 0 aliphatic heterocycles. The molecule has 1 N–H and O–H groups in total. The van der Waals surface area contributed by atoms with Crippen LogP contribution in [0.25, 0.3) is 11.5 Å². The van der Waals surface area contributed by atoms with Crippen LogP contribution in [-0.2, 0) is 4.74 Å². The van der Waals surface area contributed by atoms with E-state index in [1.165, 1.54) is 44.7 Å². The smallest absolute Gasteiger partial charge is 0.494 e. The van der Waals surface area contributed by atoms with E-state index in [1.807, 2.05) is 0 Å². The van der Waals surface area contributed by atoms with E-state index in [-0.39, 0.29) is 41.3 Å². The third kappa shape index (κ3) is 5.34. The van der Waals surface area contributed by atoms with Crippen molar-refractivity contribution in [2.45, 2.75) is 19.9 Å². The van der Waals surface area contributed by atoms with E-state index in [2.05, 4.69) is 20.4 Å². The number of benzene rings is 1. The minimum atomic E-state index is -1.01. The molecule has 3 rings (SSSR count). The van der Waals surface area contributed by atoms with Crippen LogP contribution in [0.3, 0.4) is 0 Å². The van der Waals surface area contributed by atoms with E-state index in [4.69, 9.17) is 23.5 Å². The first kappa shape index (κ1) is 23.4. The average molecular weight is 460 g/mol. The van der Waals surface area contributed by atoms with Gasteiger partial charge in [-0.25, -0.2) is 14.2 Å². The lowest BCUT2D eigenvalue weighted by Crippen LogP contribution is -2.29. The number of carbonyl (C=O) groups excluding carboxylic acids is 2. The second kappa shape index (κ2) is 10.4. The van der Waals surface area contributed by atoms with Crippen LogP contribution in [0.2, 0.25) is 0 Å². The van der Waals surface area contributed by atoms with E-state index in [0.29, 0.717) is 5.56 Å². The first-order valence-electron chi connectivity index (χ1n) is 9.73. The van der Waals surface area contributed by atoms with Gasteiger partial charge in [-0.15, -0.1) is 0 Å². The molecule has 0 fully saturated rings. The Bertz CT molecular complexity index is 1150. The standard InChI is InChI=1S/C21H21FN4O7/c1-5-31-21(28)32-17-14(29-3)8-9-23-16(17)19(27)24-11(2)18-25-20(33-26-18)12-6-7-13(22)15(10-12)30-4/h6-11H,5H2,1-4H3,(H,24,27)/t11-/m0/s1. The number of rotatable bonds is 8. The van der Waals surface area contributed by atoms with Crippen LogP contribution in [-0.4, -0.2) is 48.0 Å². The number of hydrogen-bond acceptors (Lipinski definition) is 10. The number of halogens is 1. The molecule has 0 aliphatic rings. The zero-order valence-corrected chi connectivity index (χ0v) is 18.2. The molecule has 0 spiro atoms. The lowest BCUT2D eigenvalue weighted by molar-refractivity contribution is 0.0914. The maximum absolute atomic E-state index is 13.6. The molecule has 0 unspecified atom stereocenters. The van der Waals surface area contributed by atoms with Crippen molar-refractivity contribution in [1.29, 1.82) is 0 Å². The molecule has 1 amide bonds. The molecule has 0 bridgehead atoms. The molecule has 1 atom stereocenters. The largest absolute Gasteiger partial charge is 0.514 e. The van der Waals surface area contributed by atoms with Gasteiger partial charge in [-0.2, -0.15) is 4.98 Å². The molecule has 0 aliphatic carbocycles. The van der Waals surface area contributed by atoms with Crippen molar-refractivity contribution in [2.24, 2.45) is 0 Å². The summed E-state index contributed by atoms with van der Waals surface area (Å²) in [6, 6.07) is 4.79. The predicted molar refractivity (Wildman–Crippen MR) is 111 cm³/mol. The molecule has 0 radical (unpaired) electrons. The van der Waals surface area contributed by atoms with Crippen molar-refractivity contribution in [3.05, 3.63) is 47.8 Å². The molecule has 0 saturated carbocycles. The maximum atomic E-state index is 13.6. The van der Waals surface area contributed by atoms with Crippen LogP contribution in [0.15, 0.2) is 35.0 Å². The normalized spacial score (nSPS) is 11.4. The predicted octanol–water partition coefficient (Wildman–Crippen LogP) is 3.31. The van der Waals surface area contributed by atoms with Gasteiger partial charge in [0.15, 0.2) is 28.8 Å². The van der Waals surface area contributed by atoms with Crippen molar-refractivity contribution in [3.63, 3.8) is 0 Å². The number of carbonyl (C=O) groups is 2. The number of methoxy groups -OCH3 is 2. The SMILES string of the molecule is CCOC(=O)Oc1c(OC)ccnc1C(=O)N[C@@H](C)c1noc(-c2ccc(F)c(OC)c2)n1. The van der Waals surface area contributed by atoms with E-state index < -0.39 is 23.9 Å². The molecule has 33 heavy (non-hydrogen) atoms. The number of pyridine rings is 1. The first-order valence-corrected chi connectivity index (χ1v) is 9.73. The average Bonchev–Trinajstić information content (AvgIpc) is 3.30. The molecule has 174 valence electrons. The summed E-state index contributed by atoms with van der Waals surface area (Å²) < 4.78 is 38.8. The van der Waals surface area contributed by atoms with E-state index in [0.717, 1.165) is 0 Å². The van der Waals surface area contributed by atoms with Crippen molar-refractivity contribution in [1.82, 2.24) is 20.4 Å². The highest BCUT2D eigenvalue weighted by Gasteiger charge is 2.25. The van der Waals surface area contributed by atoms with Crippen molar-refractivity contribution >= 4 is 12.1 Å². The van der Waals surface area contributed by atoms with Gasteiger partial charge in [-0.3, -0.25) is 4.79 Å². The van der Waals surface area contributed by atoms with Crippen molar-refractivity contribution < 1.29 is 37.5 Å². The number of ether oxygens (including phenoxy) is 4. The van der Waals surface area contributed by atoms with Gasteiger partial charge in [-0.1, -0.05) is 5.16 Å². The van der Waals surface area contributed by atoms with E-state index >= 15 is 0 Å². The Morgan fingerprint density at radius 3 is 2.64 bits per heavy atom. The summed E-state index contributed by atoms with van der Waals surface area (Å²) in [4.78, 5) is 32.9. The van der Waals surface area contributed by atoms with Gasteiger partial charge in [0, 0.05) is 17.8 Å². The molecule has 3 aromatic rings. The fourth-order valence-corrected chi connectivity index (χ4v) is 2.73. The molecular weight excluding hydrogens is 439 g/mol. The molecule has 2 heterocycles. The van der Waals surface area contributed by atoms with Crippen LogP contribution in [0.4, 0.5) is 9.18 Å². The van der Waals surface area contributed by atoms with Gasteiger partial charge < -0.3 is 28.8 Å². The second-order valence-electron chi connectivity index (χ2n) is 6.48. The lowest BCUT2D eigenvalue weighted by atomic mass is 10.2. The Morgan fingerprint density at radius 2 is 1.94 bits per heavy atom. The summed E-state index contributed by atoms with van der Waals surface area (Å²) in [6.45, 7) is 3.31. The number of amides is 1. The fraction of sp³-hybridized carbons (Fsp3) is 0.286. The minimum absolute atomic E-state index is 0.0202. The van der Waals surface area contributed by atoms with Crippen LogP contribution in [0.1, 0.15) is 36.2 Å². The number of aromatic nitrogens is 3. The molecule has 11 nitrogen and oxygen atoms in total. The van der Waals surface area contributed by atoms with Gasteiger partial charge in [0.05, 0.1) is 26.9 Å². The molecule has 12 heteroatoms. The number of nitrogens with one attached hydrogen (secondary N) is 1. The Balaban J connectivity index is 1.80. The summed E-state index contributed by atoms with van der Waals surface area (Å²) in [6.07, 6.45) is 0.314. The fourth-order valence-electron chi connectivity index (χ4n) is 2.73. The molecule has 1 aromatic carbocycles. The Labute approximate surface area is 187 Å². The third-order valence-electron chi connectivity index (χ3n) is 4.33. The summed E-state index contributed by atoms with van der Waals surface area (Å²) in [7, 11) is 2.69. The summed E-state index contributed by atoms with van der Waals surface area (Å²) in [5.41, 5.74) is 0.228. The summed E-state index contributed by atoms with van der Waals surface area (Å²) in [5.74, 6) is -1.03. The topological polar surface area (TPSA) is 135 Å². The van der Waals surface area contributed by atoms with Crippen LogP contribution < -0.4 is 19.5 Å². The van der Waals surface area contributed by atoms with Gasteiger partial charge in [0.2, 0.25) is 5.75 Å². The lowest BCUT2D eigenvalue weighted by Gasteiger charge is -2.14. The van der Waals surface area contributed by atoms with Crippen molar-refractivity contribution in [3.8, 4) is 28.7 Å². The minimum Gasteiger partial charge on any atom is -0.494 e. The van der Waals surface area contributed by atoms with Gasteiger partial charge >= 0.3 is 6.16 Å². The molecule has 0 saturated heterocycles. The summed E-state index contributed by atoms with van der Waals surface area (Å²) in [5, 5.41) is 6.51. The quantitative estimate of drug-likeness (QED) is 0.499. The first-order chi connectivity index (χ1) is 15.9. The van der Waals surface area contributed by atoms with Crippen LogP contribution in [0, 0.1) is 5.82 Å². The van der Waals surface area contributed by atoms with E-state index in [9.17, 15) is 14.0 Å². The number of nitrogens with zero attached hydrogens (tertiary/aromatic N) is 3. The van der Waals surface area contributed by atoms with Gasteiger partial charge in [-0.05, 0) is 32.0 Å². The monoisotopic (exact) mass is 460 g/mol. The maximum Gasteiger partial charge on any atom is 0.514 e. The van der Waals surface area contributed by atoms with Crippen LogP contribution >= 0.6 is 0 Å². The molecular formula is C21H21FN4O7. The highest BCUT2D eigenvalue weighted by molar-refractivity contribution is 5.96. The number of hydrogen-bond donors (Lipinski definition) is 1. The summed E-state index contributed by atoms with van der Waals surface area (Å²) >= 11 is 0. The zero-order chi connectivity index (χ0) is 24.0. The Hall–Kier alpha value is -4.22. The second-order valence-corrected chi connectivity index (χ2v) is 6.48. The van der Waals surface area contributed by atoms with Gasteiger partial charge in [0.1, 0.15) is 0 Å². The zero-order valence-electron chi connectivity index (χ0n) is 18.2. The van der Waals surface area contributed by atoms with E-state index in [1.54, 1.807) is 13.8 Å². The Kier molecular flexibility index (Phi) is 7.38. The van der Waals surface area contributed by atoms with Crippen molar-refractivity contribution in [2.75, 3.05) is 20.8 Å². The van der Waals surface area contributed by atoms with Gasteiger partial charge in [0.25, 0.3) is 11.8 Å². The van der Waals surface area contributed by atoms with Crippen LogP contribution in [0.5, 0.6) is 17.2 Å². The third-order valence-corrected chi connectivity index (χ3v) is 4.33.